The maximum absolute atomic E-state index is 13.4. The highest BCUT2D eigenvalue weighted by Gasteiger charge is 2.45. The Bertz CT molecular complexity index is 1600. The third-order valence-electron chi connectivity index (χ3n) is 9.61. The van der Waals surface area contributed by atoms with E-state index in [4.69, 9.17) is 16.3 Å². The standard InChI is InChI=1S/C35H43ClN2O6S/c1-24-8-7-17-35(41,16-4-6-19-39)31-14-11-28(31)22-38-18-5-3-9-26-20-30(36)13-10-29(26)23-44-33-15-12-27(21-32(33)38)34(40)37-45(42,43)25(24)2/h7,10,12-13,15,17,20-21,24-25,28,31,39,41H,3,5-6,8-9,11,14,18-19,22-23H2,1-2H3,(H,37,40)/b17-7+/t24-,25+,28-,31+,35+/m0/s1. The van der Waals surface area contributed by atoms with Gasteiger partial charge in [-0.15, -0.1) is 0 Å². The van der Waals surface area contributed by atoms with Gasteiger partial charge in [-0.05, 0) is 105 Å². The van der Waals surface area contributed by atoms with Gasteiger partial charge in [0.1, 0.15) is 18.0 Å². The number of amides is 1. The fourth-order valence-electron chi connectivity index (χ4n) is 6.49. The minimum absolute atomic E-state index is 0.0953. The van der Waals surface area contributed by atoms with Crippen LogP contribution in [0.5, 0.6) is 5.75 Å². The first-order valence-corrected chi connectivity index (χ1v) is 17.8. The largest absolute Gasteiger partial charge is 0.487 e. The summed E-state index contributed by atoms with van der Waals surface area (Å²) in [5.74, 6) is 5.52. The van der Waals surface area contributed by atoms with E-state index < -0.39 is 26.8 Å². The SMILES string of the molecule is C[C@@H]1[C@@H](C)C/C=C/[C@](O)(C#CCCO)[C@@H]2CC[C@H]2CN2CCCCc3cc(Cl)ccc3COc3ccc(cc32)C(=O)NS1(=O)=O. The summed E-state index contributed by atoms with van der Waals surface area (Å²) in [6.07, 6.45) is 8.48. The van der Waals surface area contributed by atoms with Crippen LogP contribution in [-0.4, -0.2) is 55.1 Å². The lowest BCUT2D eigenvalue weighted by Gasteiger charge is -2.46. The van der Waals surface area contributed by atoms with E-state index in [1.165, 1.54) is 0 Å². The first-order chi connectivity index (χ1) is 21.5. The summed E-state index contributed by atoms with van der Waals surface area (Å²) in [4.78, 5) is 15.6. The van der Waals surface area contributed by atoms with E-state index >= 15 is 0 Å². The molecule has 2 aromatic carbocycles. The summed E-state index contributed by atoms with van der Waals surface area (Å²) in [7, 11) is -4.00. The van der Waals surface area contributed by atoms with Gasteiger partial charge in [-0.2, -0.15) is 0 Å². The van der Waals surface area contributed by atoms with Crippen LogP contribution in [0.15, 0.2) is 48.6 Å². The molecule has 2 bridgehead atoms. The van der Waals surface area contributed by atoms with E-state index in [2.05, 4.69) is 21.5 Å². The summed E-state index contributed by atoms with van der Waals surface area (Å²) >= 11 is 6.32. The number of sulfonamides is 1. The predicted molar refractivity (Wildman–Crippen MR) is 177 cm³/mol. The molecule has 45 heavy (non-hydrogen) atoms. The molecule has 242 valence electrons. The second-order valence-electron chi connectivity index (χ2n) is 12.6. The van der Waals surface area contributed by atoms with Gasteiger partial charge in [0, 0.05) is 36.0 Å². The van der Waals surface area contributed by atoms with Crippen molar-refractivity contribution < 1.29 is 28.2 Å². The number of fused-ring (bicyclic) bond motifs is 3. The van der Waals surface area contributed by atoms with Crippen LogP contribution < -0.4 is 14.4 Å². The Hall–Kier alpha value is -3.03. The molecule has 10 heteroatoms. The summed E-state index contributed by atoms with van der Waals surface area (Å²) in [6.45, 7) is 4.91. The van der Waals surface area contributed by atoms with E-state index in [0.717, 1.165) is 43.2 Å². The third-order valence-corrected chi connectivity index (χ3v) is 11.8. The van der Waals surface area contributed by atoms with Gasteiger partial charge in [-0.1, -0.05) is 42.5 Å². The fourth-order valence-corrected chi connectivity index (χ4v) is 7.97. The average Bonchev–Trinajstić information content (AvgIpc) is 3.01. The van der Waals surface area contributed by atoms with Gasteiger partial charge in [-0.3, -0.25) is 4.79 Å². The summed E-state index contributed by atoms with van der Waals surface area (Å²) in [5.41, 5.74) is 1.71. The zero-order valence-corrected chi connectivity index (χ0v) is 27.5. The Balaban J connectivity index is 1.58. The maximum Gasteiger partial charge on any atom is 0.264 e. The van der Waals surface area contributed by atoms with Crippen LogP contribution in [0, 0.1) is 29.6 Å². The molecular formula is C35H43ClN2O6S. The Kier molecular flexibility index (Phi) is 10.5. The van der Waals surface area contributed by atoms with Crippen molar-refractivity contribution in [1.29, 1.82) is 0 Å². The van der Waals surface area contributed by atoms with E-state index in [-0.39, 0.29) is 36.3 Å². The second kappa shape index (κ2) is 14.2. The number of allylic oxidation sites excluding steroid dienone is 1. The smallest absolute Gasteiger partial charge is 0.264 e. The van der Waals surface area contributed by atoms with Gasteiger partial charge < -0.3 is 19.8 Å². The molecule has 1 aliphatic carbocycles. The number of nitrogens with one attached hydrogen (secondary N) is 1. The Morgan fingerprint density at radius 2 is 1.96 bits per heavy atom. The topological polar surface area (TPSA) is 116 Å². The zero-order chi connectivity index (χ0) is 32.2. The number of rotatable bonds is 1. The van der Waals surface area contributed by atoms with Crippen molar-refractivity contribution in [3.8, 4) is 17.6 Å². The molecule has 5 atom stereocenters. The highest BCUT2D eigenvalue weighted by molar-refractivity contribution is 7.90. The molecule has 5 rings (SSSR count). The van der Waals surface area contributed by atoms with E-state index in [9.17, 15) is 23.4 Å². The van der Waals surface area contributed by atoms with Gasteiger partial charge in [0.05, 0.1) is 17.5 Å². The molecule has 0 radical (unpaired) electrons. The van der Waals surface area contributed by atoms with Crippen LogP contribution in [0.1, 0.15) is 73.9 Å². The second-order valence-corrected chi connectivity index (χ2v) is 15.1. The van der Waals surface area contributed by atoms with Gasteiger partial charge in [0.2, 0.25) is 10.0 Å². The van der Waals surface area contributed by atoms with Gasteiger partial charge in [0.25, 0.3) is 5.91 Å². The van der Waals surface area contributed by atoms with Crippen molar-refractivity contribution in [1.82, 2.24) is 4.72 Å². The zero-order valence-electron chi connectivity index (χ0n) is 26.0. The van der Waals surface area contributed by atoms with Crippen LogP contribution in [0.3, 0.4) is 0 Å². The Morgan fingerprint density at radius 3 is 2.71 bits per heavy atom. The van der Waals surface area contributed by atoms with Gasteiger partial charge in [0.15, 0.2) is 0 Å². The molecular weight excluding hydrogens is 612 g/mol. The number of halogens is 1. The Morgan fingerprint density at radius 1 is 1.13 bits per heavy atom. The number of hydrogen-bond donors (Lipinski definition) is 3. The van der Waals surface area contributed by atoms with Crippen LogP contribution >= 0.6 is 11.6 Å². The van der Waals surface area contributed by atoms with E-state index in [1.54, 1.807) is 37.3 Å². The van der Waals surface area contributed by atoms with Crippen molar-refractivity contribution in [2.45, 2.75) is 76.3 Å². The molecule has 2 aromatic rings. The number of carbonyl (C=O) groups is 1. The molecule has 8 nitrogen and oxygen atoms in total. The number of aliphatic hydroxyl groups is 2. The van der Waals surface area contributed by atoms with E-state index in [1.807, 2.05) is 25.1 Å². The number of anilines is 1. The van der Waals surface area contributed by atoms with Crippen LogP contribution in [-0.2, 0) is 23.1 Å². The summed E-state index contributed by atoms with van der Waals surface area (Å²) in [6, 6.07) is 10.9. The molecule has 2 aliphatic heterocycles. The predicted octanol–water partition coefficient (Wildman–Crippen LogP) is 5.25. The number of ether oxygens (including phenoxy) is 1. The molecule has 1 fully saturated rings. The van der Waals surface area contributed by atoms with Gasteiger partial charge in [-0.25, -0.2) is 13.1 Å². The van der Waals surface area contributed by atoms with Crippen molar-refractivity contribution >= 4 is 33.2 Å². The molecule has 1 saturated carbocycles. The lowest BCUT2D eigenvalue weighted by atomic mass is 9.64. The van der Waals surface area contributed by atoms with E-state index in [0.29, 0.717) is 42.6 Å². The third kappa shape index (κ3) is 7.69. The minimum atomic E-state index is -4.00. The van der Waals surface area contributed by atoms with Crippen molar-refractivity contribution in [2.24, 2.45) is 17.8 Å². The van der Waals surface area contributed by atoms with Crippen molar-refractivity contribution in [3.05, 3.63) is 70.3 Å². The number of aliphatic hydroxyl groups excluding tert-OH is 1. The molecule has 3 N–H and O–H groups in total. The molecule has 0 spiro atoms. The molecule has 0 unspecified atom stereocenters. The fraction of sp³-hybridized carbons (Fsp3) is 0.514. The number of nitrogens with zero attached hydrogens (tertiary/aromatic N) is 1. The molecule has 1 amide bonds. The molecule has 2 heterocycles. The van der Waals surface area contributed by atoms with Crippen molar-refractivity contribution in [2.75, 3.05) is 24.6 Å². The summed E-state index contributed by atoms with van der Waals surface area (Å²) in [5, 5.41) is 21.1. The lowest BCUT2D eigenvalue weighted by molar-refractivity contribution is -0.00299. The normalized spacial score (nSPS) is 29.2. The molecule has 0 aromatic heterocycles. The average molecular weight is 655 g/mol. The minimum Gasteiger partial charge on any atom is -0.487 e. The van der Waals surface area contributed by atoms with Crippen LogP contribution in [0.4, 0.5) is 5.69 Å². The first kappa shape index (κ1) is 33.3. The monoisotopic (exact) mass is 654 g/mol. The number of aryl methyl sites for hydroxylation is 1. The summed E-state index contributed by atoms with van der Waals surface area (Å²) < 4.78 is 35.3. The molecule has 3 aliphatic rings. The number of hydrogen-bond acceptors (Lipinski definition) is 7. The lowest BCUT2D eigenvalue weighted by Crippen LogP contribution is -2.49. The highest BCUT2D eigenvalue weighted by atomic mass is 35.5. The molecule has 0 saturated heterocycles. The number of carbonyl (C=O) groups excluding carboxylic acids is 1. The Labute approximate surface area is 271 Å². The maximum atomic E-state index is 13.4. The van der Waals surface area contributed by atoms with Crippen LogP contribution in [0.25, 0.3) is 0 Å². The van der Waals surface area contributed by atoms with Gasteiger partial charge >= 0.3 is 0 Å². The first-order valence-electron chi connectivity index (χ1n) is 15.9. The number of benzene rings is 2. The van der Waals surface area contributed by atoms with Crippen LogP contribution in [0.2, 0.25) is 5.02 Å². The highest BCUT2D eigenvalue weighted by Crippen LogP contribution is 2.45. The van der Waals surface area contributed by atoms with Crippen molar-refractivity contribution in [3.63, 3.8) is 0 Å². The quantitative estimate of drug-likeness (QED) is 0.284.